The van der Waals surface area contributed by atoms with Gasteiger partial charge in [0.2, 0.25) is 0 Å². The quantitative estimate of drug-likeness (QED) is 0.307. The summed E-state index contributed by atoms with van der Waals surface area (Å²) < 4.78 is 20.0. The Kier molecular flexibility index (Phi) is 4.79. The smallest absolute Gasteiger partial charge is 0.260 e. The highest BCUT2D eigenvalue weighted by atomic mass is 16.5. The molecule has 9 rings (SSSR count). The molecule has 0 aromatic heterocycles. The number of ether oxygens (including phenoxy) is 3. The summed E-state index contributed by atoms with van der Waals surface area (Å²) in [6, 6.07) is 46.3. The average Bonchev–Trinajstić information content (AvgIpc) is 3.03. The molecule has 0 bridgehead atoms. The van der Waals surface area contributed by atoms with Crippen molar-refractivity contribution in [2.24, 2.45) is 0 Å². The van der Waals surface area contributed by atoms with Gasteiger partial charge < -0.3 is 14.2 Å². The van der Waals surface area contributed by atoms with Crippen molar-refractivity contribution in [2.75, 3.05) is 0 Å². The second-order valence-corrected chi connectivity index (χ2v) is 10.8. The lowest BCUT2D eigenvalue weighted by Crippen LogP contribution is -2.60. The predicted molar refractivity (Wildman–Crippen MR) is 167 cm³/mol. The molecule has 6 aromatic rings. The van der Waals surface area contributed by atoms with E-state index in [1.807, 2.05) is 24.3 Å². The van der Waals surface area contributed by atoms with Crippen LogP contribution in [0.15, 0.2) is 133 Å². The van der Waals surface area contributed by atoms with E-state index in [4.69, 9.17) is 14.2 Å². The Hall–Kier alpha value is -5.15. The molecule has 0 atom stereocenters. The molecule has 0 fully saturated rings. The fraction of sp³-hybridized carbons (Fsp3) is 0. The van der Waals surface area contributed by atoms with E-state index < -0.39 is 0 Å². The number of benzene rings is 6. The van der Waals surface area contributed by atoms with E-state index in [0.29, 0.717) is 0 Å². The van der Waals surface area contributed by atoms with E-state index in [1.54, 1.807) is 0 Å². The van der Waals surface area contributed by atoms with Gasteiger partial charge in [0.1, 0.15) is 34.5 Å². The van der Waals surface area contributed by atoms with Gasteiger partial charge in [-0.15, -0.1) is 0 Å². The molecule has 41 heavy (non-hydrogen) atoms. The van der Waals surface area contributed by atoms with E-state index in [1.165, 1.54) is 0 Å². The SMILES string of the molecule is c1ccc(-c2c(B3c4ccccc4Oc4ccccc43)cc3c4c2Oc2ccccc2B4c2ccccc2O3)cc1. The van der Waals surface area contributed by atoms with E-state index in [9.17, 15) is 0 Å². The first-order chi connectivity index (χ1) is 20.3. The van der Waals surface area contributed by atoms with Crippen LogP contribution in [-0.4, -0.2) is 13.4 Å². The fourth-order valence-corrected chi connectivity index (χ4v) is 6.84. The van der Waals surface area contributed by atoms with Crippen LogP contribution >= 0.6 is 0 Å². The highest BCUT2D eigenvalue weighted by Crippen LogP contribution is 2.40. The minimum absolute atomic E-state index is 0.0145. The molecular formula is C36H22B2O3. The zero-order chi connectivity index (χ0) is 26.9. The zero-order valence-corrected chi connectivity index (χ0v) is 22.1. The van der Waals surface area contributed by atoms with Gasteiger partial charge in [-0.3, -0.25) is 0 Å². The zero-order valence-electron chi connectivity index (χ0n) is 22.1. The Morgan fingerprint density at radius 2 is 0.805 bits per heavy atom. The van der Waals surface area contributed by atoms with Crippen LogP contribution in [0, 0.1) is 0 Å². The maximum Gasteiger partial charge on any atom is 0.260 e. The summed E-state index contributed by atoms with van der Waals surface area (Å²) in [5.74, 6) is 5.22. The van der Waals surface area contributed by atoms with Crippen molar-refractivity contribution in [3.05, 3.63) is 133 Å². The first-order valence-electron chi connectivity index (χ1n) is 14.0. The summed E-state index contributed by atoms with van der Waals surface area (Å²) in [6.45, 7) is -0.0615. The molecule has 0 saturated carbocycles. The summed E-state index contributed by atoms with van der Waals surface area (Å²) >= 11 is 0. The van der Waals surface area contributed by atoms with Gasteiger partial charge in [0.25, 0.3) is 13.4 Å². The molecular weight excluding hydrogens is 502 g/mol. The van der Waals surface area contributed by atoms with Gasteiger partial charge in [-0.25, -0.2) is 0 Å². The van der Waals surface area contributed by atoms with Crippen molar-refractivity contribution in [3.8, 4) is 45.6 Å². The minimum atomic E-state index is -0.0760. The molecule has 6 aromatic carbocycles. The summed E-state index contributed by atoms with van der Waals surface area (Å²) in [6.07, 6.45) is 0. The van der Waals surface area contributed by atoms with Crippen LogP contribution in [0.4, 0.5) is 0 Å². The van der Waals surface area contributed by atoms with Gasteiger partial charge in [-0.1, -0.05) is 109 Å². The van der Waals surface area contributed by atoms with Crippen LogP contribution < -0.4 is 47.0 Å². The van der Waals surface area contributed by atoms with Crippen molar-refractivity contribution in [3.63, 3.8) is 0 Å². The van der Waals surface area contributed by atoms with Gasteiger partial charge in [0, 0.05) is 11.0 Å². The summed E-state index contributed by atoms with van der Waals surface area (Å²) in [4.78, 5) is 0. The maximum absolute atomic E-state index is 6.92. The largest absolute Gasteiger partial charge is 0.458 e. The van der Waals surface area contributed by atoms with Crippen LogP contribution in [-0.2, 0) is 0 Å². The molecule has 190 valence electrons. The molecule has 0 radical (unpaired) electrons. The Morgan fingerprint density at radius 3 is 1.37 bits per heavy atom. The molecule has 0 spiro atoms. The highest BCUT2D eigenvalue weighted by molar-refractivity contribution is 7.00. The van der Waals surface area contributed by atoms with Crippen LogP contribution in [0.25, 0.3) is 11.1 Å². The third-order valence-corrected chi connectivity index (χ3v) is 8.55. The standard InChI is InChI=1S/C36H22B2O3/c1-2-12-23(13-3-1)34-28(37-24-14-4-8-18-29(24)39-30-19-9-5-15-25(30)37)22-33-35-36(34)41-32-21-11-7-17-27(32)38(35)26-16-6-10-20-31(26)40-33/h1-22H. The Balaban J connectivity index is 1.41. The number of rotatable bonds is 2. The monoisotopic (exact) mass is 524 g/mol. The Morgan fingerprint density at radius 1 is 0.366 bits per heavy atom. The van der Waals surface area contributed by atoms with Crippen LogP contribution in [0.5, 0.6) is 34.5 Å². The molecule has 0 saturated heterocycles. The molecule has 0 amide bonds. The summed E-state index contributed by atoms with van der Waals surface area (Å²) in [5.41, 5.74) is 8.97. The average molecular weight is 524 g/mol. The normalized spacial score (nSPS) is 13.4. The molecule has 5 heteroatoms. The summed E-state index contributed by atoms with van der Waals surface area (Å²) in [5, 5.41) is 0. The minimum Gasteiger partial charge on any atom is -0.458 e. The second kappa shape index (κ2) is 8.67. The van der Waals surface area contributed by atoms with Gasteiger partial charge >= 0.3 is 0 Å². The van der Waals surface area contributed by atoms with E-state index >= 15 is 0 Å². The van der Waals surface area contributed by atoms with Crippen LogP contribution in [0.3, 0.4) is 0 Å². The second-order valence-electron chi connectivity index (χ2n) is 10.8. The first kappa shape index (κ1) is 22.6. The number of fused-ring (bicyclic) bond motifs is 6. The lowest BCUT2D eigenvalue weighted by atomic mass is 9.32. The topological polar surface area (TPSA) is 27.7 Å². The van der Waals surface area contributed by atoms with Crippen LogP contribution in [0.2, 0.25) is 0 Å². The molecule has 0 aliphatic carbocycles. The first-order valence-corrected chi connectivity index (χ1v) is 14.0. The lowest BCUT2D eigenvalue weighted by molar-refractivity contribution is 0.466. The van der Waals surface area contributed by atoms with Gasteiger partial charge in [0.05, 0.1) is 0 Å². The number of para-hydroxylation sites is 4. The number of hydrogen-bond donors (Lipinski definition) is 0. The predicted octanol–water partition coefficient (Wildman–Crippen LogP) is 4.70. The lowest BCUT2D eigenvalue weighted by Gasteiger charge is -2.36. The molecule has 3 nitrogen and oxygen atoms in total. The van der Waals surface area contributed by atoms with Crippen molar-refractivity contribution >= 4 is 46.2 Å². The maximum atomic E-state index is 6.92. The van der Waals surface area contributed by atoms with E-state index in [-0.39, 0.29) is 13.4 Å². The molecule has 3 aliphatic heterocycles. The molecule has 3 aliphatic rings. The molecule has 0 N–H and O–H groups in total. The Bertz CT molecular complexity index is 1950. The van der Waals surface area contributed by atoms with E-state index in [0.717, 1.165) is 78.4 Å². The number of hydrogen-bond acceptors (Lipinski definition) is 3. The third kappa shape index (κ3) is 3.29. The van der Waals surface area contributed by atoms with Gasteiger partial charge in [0.15, 0.2) is 0 Å². The van der Waals surface area contributed by atoms with Crippen LogP contribution in [0.1, 0.15) is 0 Å². The fourth-order valence-electron chi connectivity index (χ4n) is 6.84. The summed E-state index contributed by atoms with van der Waals surface area (Å²) in [7, 11) is 0. The van der Waals surface area contributed by atoms with E-state index in [2.05, 4.69) is 109 Å². The van der Waals surface area contributed by atoms with Crippen molar-refractivity contribution < 1.29 is 14.2 Å². The van der Waals surface area contributed by atoms with Crippen molar-refractivity contribution in [1.82, 2.24) is 0 Å². The van der Waals surface area contributed by atoms with Crippen molar-refractivity contribution in [1.29, 1.82) is 0 Å². The Labute approximate surface area is 239 Å². The van der Waals surface area contributed by atoms with Crippen molar-refractivity contribution in [2.45, 2.75) is 0 Å². The molecule has 0 unspecified atom stereocenters. The molecule has 3 heterocycles. The van der Waals surface area contributed by atoms with Gasteiger partial charge in [-0.2, -0.15) is 0 Å². The van der Waals surface area contributed by atoms with Gasteiger partial charge in [-0.05, 0) is 57.7 Å². The highest BCUT2D eigenvalue weighted by Gasteiger charge is 2.44. The third-order valence-electron chi connectivity index (χ3n) is 8.55.